The Balaban J connectivity index is 1.43. The molecule has 3 heterocycles. The number of amides is 2. The number of carbonyl (C=O) groups excluding carboxylic acids is 3. The molecule has 0 spiro atoms. The monoisotopic (exact) mass is 532 g/mol. The maximum atomic E-state index is 13.0. The maximum absolute atomic E-state index is 13.0. The van der Waals surface area contributed by atoms with E-state index >= 15 is 0 Å². The average molecular weight is 533 g/mol. The molecule has 15 heteroatoms. The van der Waals surface area contributed by atoms with Crippen molar-refractivity contribution >= 4 is 57.9 Å². The Morgan fingerprint density at radius 3 is 2.75 bits per heavy atom. The molecule has 36 heavy (non-hydrogen) atoms. The molecule has 0 bridgehead atoms. The molecule has 0 aliphatic carbocycles. The van der Waals surface area contributed by atoms with E-state index in [0.29, 0.717) is 5.75 Å². The number of esters is 1. The van der Waals surface area contributed by atoms with E-state index < -0.39 is 47.0 Å². The summed E-state index contributed by atoms with van der Waals surface area (Å²) in [6.45, 7) is 1.42. The SMILES string of the molecule is CC(ON=C(C(=O)NC1C(=O)N2C(C(=O)O)=CCS[C@@H]12)c1nsc(N)n1)C(=O)OCc1ccccc1. The van der Waals surface area contributed by atoms with Crippen LogP contribution in [0.3, 0.4) is 0 Å². The second kappa shape index (κ2) is 10.7. The molecule has 2 aromatic rings. The standard InChI is InChI=1S/C21H20N6O7S2/c1-10(20(32)33-9-11-5-3-2-4-6-11)34-25-13(15-24-21(22)36-26-15)16(28)23-14-17(29)27-12(19(30)31)7-8-35-18(14)27/h2-7,10,14,18H,8-9H2,1H3,(H,23,28)(H,30,31)(H2,22,24,26)/t10?,14?,18-/m0/s1. The molecule has 13 nitrogen and oxygen atoms in total. The number of hydrogen-bond donors (Lipinski definition) is 3. The van der Waals surface area contributed by atoms with Crippen molar-refractivity contribution in [2.24, 2.45) is 5.16 Å². The minimum absolute atomic E-state index is 0.0285. The van der Waals surface area contributed by atoms with Gasteiger partial charge in [-0.2, -0.15) is 9.36 Å². The topological polar surface area (TPSA) is 186 Å². The Kier molecular flexibility index (Phi) is 7.49. The van der Waals surface area contributed by atoms with Gasteiger partial charge in [0.05, 0.1) is 0 Å². The molecule has 0 saturated carbocycles. The van der Waals surface area contributed by atoms with Crippen molar-refractivity contribution in [3.05, 3.63) is 53.5 Å². The van der Waals surface area contributed by atoms with E-state index in [1.54, 1.807) is 12.1 Å². The number of carboxylic acids is 1. The number of oxime groups is 1. The molecule has 2 aliphatic heterocycles. The Labute approximate surface area is 212 Å². The summed E-state index contributed by atoms with van der Waals surface area (Å²) in [5, 5.41) is 15.0. The third-order valence-corrected chi connectivity index (χ3v) is 6.80. The first-order valence-electron chi connectivity index (χ1n) is 10.5. The van der Waals surface area contributed by atoms with Crippen LogP contribution in [0, 0.1) is 0 Å². The van der Waals surface area contributed by atoms with E-state index in [2.05, 4.69) is 19.8 Å². The summed E-state index contributed by atoms with van der Waals surface area (Å²) in [6.07, 6.45) is 0.255. The molecule has 2 amide bonds. The van der Waals surface area contributed by atoms with Gasteiger partial charge in [-0.05, 0) is 18.6 Å². The molecule has 188 valence electrons. The Morgan fingerprint density at radius 1 is 1.33 bits per heavy atom. The quantitative estimate of drug-likeness (QED) is 0.175. The van der Waals surface area contributed by atoms with Gasteiger partial charge in [0.1, 0.15) is 23.7 Å². The zero-order valence-electron chi connectivity index (χ0n) is 18.7. The number of fused-ring (bicyclic) bond motifs is 1. The van der Waals surface area contributed by atoms with E-state index in [9.17, 15) is 24.3 Å². The fourth-order valence-electron chi connectivity index (χ4n) is 3.28. The van der Waals surface area contributed by atoms with E-state index in [-0.39, 0.29) is 23.3 Å². The number of nitrogens with one attached hydrogen (secondary N) is 1. The highest BCUT2D eigenvalue weighted by Crippen LogP contribution is 2.37. The van der Waals surface area contributed by atoms with Crippen molar-refractivity contribution in [2.45, 2.75) is 31.1 Å². The van der Waals surface area contributed by atoms with Gasteiger partial charge in [-0.15, -0.1) is 11.8 Å². The smallest absolute Gasteiger partial charge is 0.352 e. The van der Waals surface area contributed by atoms with Gasteiger partial charge in [0.25, 0.3) is 11.8 Å². The van der Waals surface area contributed by atoms with Gasteiger partial charge in [0.2, 0.25) is 17.6 Å². The molecular weight excluding hydrogens is 512 g/mol. The zero-order valence-corrected chi connectivity index (χ0v) is 20.3. The summed E-state index contributed by atoms with van der Waals surface area (Å²) in [6, 6.07) is 8.03. The summed E-state index contributed by atoms with van der Waals surface area (Å²) in [5.74, 6) is -3.19. The molecule has 0 radical (unpaired) electrons. The second-order valence-electron chi connectivity index (χ2n) is 7.51. The van der Waals surface area contributed by atoms with Crippen molar-refractivity contribution in [1.82, 2.24) is 19.6 Å². The van der Waals surface area contributed by atoms with Gasteiger partial charge in [-0.1, -0.05) is 35.5 Å². The summed E-state index contributed by atoms with van der Waals surface area (Å²) in [7, 11) is 0. The summed E-state index contributed by atoms with van der Waals surface area (Å²) in [4.78, 5) is 59.5. The lowest BCUT2D eigenvalue weighted by Crippen LogP contribution is -2.70. The van der Waals surface area contributed by atoms with E-state index in [0.717, 1.165) is 22.0 Å². The number of thioether (sulfide) groups is 1. The molecule has 1 aromatic heterocycles. The average Bonchev–Trinajstić information content (AvgIpc) is 3.31. The normalized spacial score (nSPS) is 19.9. The molecule has 2 aliphatic rings. The summed E-state index contributed by atoms with van der Waals surface area (Å²) >= 11 is 2.11. The first-order valence-corrected chi connectivity index (χ1v) is 12.3. The van der Waals surface area contributed by atoms with Gasteiger partial charge < -0.3 is 25.7 Å². The predicted octanol–water partition coefficient (Wildman–Crippen LogP) is 0.341. The fourth-order valence-corrected chi connectivity index (χ4v) is 4.91. The highest BCUT2D eigenvalue weighted by atomic mass is 32.2. The molecule has 4 rings (SSSR count). The largest absolute Gasteiger partial charge is 0.477 e. The number of ether oxygens (including phenoxy) is 1. The number of nitrogens with zero attached hydrogens (tertiary/aromatic N) is 4. The Morgan fingerprint density at radius 2 is 2.08 bits per heavy atom. The predicted molar refractivity (Wildman–Crippen MR) is 128 cm³/mol. The molecule has 1 fully saturated rings. The van der Waals surface area contributed by atoms with Crippen molar-refractivity contribution in [1.29, 1.82) is 0 Å². The highest BCUT2D eigenvalue weighted by Gasteiger charge is 2.53. The van der Waals surface area contributed by atoms with Gasteiger partial charge in [0.15, 0.2) is 5.13 Å². The Hall–Kier alpha value is -3.98. The van der Waals surface area contributed by atoms with Crippen LogP contribution in [0.1, 0.15) is 18.3 Å². The lowest BCUT2D eigenvalue weighted by Gasteiger charge is -2.48. The number of rotatable bonds is 9. The lowest BCUT2D eigenvalue weighted by atomic mass is 10.0. The molecule has 1 aromatic carbocycles. The van der Waals surface area contributed by atoms with Crippen molar-refractivity contribution in [3.8, 4) is 0 Å². The van der Waals surface area contributed by atoms with E-state index in [1.807, 2.05) is 18.2 Å². The van der Waals surface area contributed by atoms with E-state index in [1.165, 1.54) is 24.8 Å². The number of benzene rings is 1. The van der Waals surface area contributed by atoms with Crippen LogP contribution in [0.2, 0.25) is 0 Å². The fraction of sp³-hybridized carbons (Fsp3) is 0.286. The minimum atomic E-state index is -1.23. The van der Waals surface area contributed by atoms with Gasteiger partial charge >= 0.3 is 11.9 Å². The number of β-lactam (4-membered cyclic amide) rings is 1. The molecule has 4 N–H and O–H groups in total. The van der Waals surface area contributed by atoms with Crippen LogP contribution in [0.25, 0.3) is 0 Å². The number of carboxylic acid groups (broad SMARTS) is 1. The zero-order chi connectivity index (χ0) is 25.8. The number of aliphatic carboxylic acids is 1. The number of nitrogens with two attached hydrogens (primary N) is 1. The molecule has 1 saturated heterocycles. The Bertz CT molecular complexity index is 1250. The second-order valence-corrected chi connectivity index (χ2v) is 9.45. The van der Waals surface area contributed by atoms with Crippen LogP contribution in [0.4, 0.5) is 5.13 Å². The third kappa shape index (κ3) is 5.31. The number of aromatic nitrogens is 2. The number of carbonyl (C=O) groups is 4. The summed E-state index contributed by atoms with van der Waals surface area (Å²) < 4.78 is 9.15. The lowest BCUT2D eigenvalue weighted by molar-refractivity contribution is -0.157. The van der Waals surface area contributed by atoms with Crippen LogP contribution in [0.15, 0.2) is 47.3 Å². The highest BCUT2D eigenvalue weighted by molar-refractivity contribution is 8.00. The maximum Gasteiger partial charge on any atom is 0.352 e. The van der Waals surface area contributed by atoms with Gasteiger partial charge in [0, 0.05) is 17.3 Å². The first kappa shape index (κ1) is 25.1. The van der Waals surface area contributed by atoms with Crippen LogP contribution < -0.4 is 11.1 Å². The van der Waals surface area contributed by atoms with Gasteiger partial charge in [-0.25, -0.2) is 9.59 Å². The summed E-state index contributed by atoms with van der Waals surface area (Å²) in [5.41, 5.74) is 5.86. The number of hydrogen-bond acceptors (Lipinski definition) is 12. The van der Waals surface area contributed by atoms with E-state index in [4.69, 9.17) is 15.3 Å². The molecule has 3 atom stereocenters. The first-order chi connectivity index (χ1) is 17.3. The minimum Gasteiger partial charge on any atom is -0.477 e. The van der Waals surface area contributed by atoms with Crippen LogP contribution in [0.5, 0.6) is 0 Å². The third-order valence-electron chi connectivity index (χ3n) is 5.08. The molecule has 2 unspecified atom stereocenters. The number of nitrogen functional groups attached to an aromatic ring is 1. The van der Waals surface area contributed by atoms with Crippen LogP contribution in [-0.2, 0) is 35.4 Å². The van der Waals surface area contributed by atoms with Crippen molar-refractivity contribution in [3.63, 3.8) is 0 Å². The van der Waals surface area contributed by atoms with Crippen molar-refractivity contribution < 1.29 is 33.9 Å². The van der Waals surface area contributed by atoms with Crippen LogP contribution in [-0.4, -0.2) is 72.1 Å². The van der Waals surface area contributed by atoms with Crippen LogP contribution >= 0.6 is 23.3 Å². The van der Waals surface area contributed by atoms with Gasteiger partial charge in [-0.3, -0.25) is 14.5 Å². The number of anilines is 1. The van der Waals surface area contributed by atoms with Crippen molar-refractivity contribution in [2.75, 3.05) is 11.5 Å². The molecular formula is C21H20N6O7S2.